The van der Waals surface area contributed by atoms with Crippen LogP contribution in [0.2, 0.25) is 0 Å². The SMILES string of the molecule is COc1ccc2c(c1)c(C(=O)NC[C@@H]1CCOC1)c(C)n2C. The monoisotopic (exact) mass is 302 g/mol. The quantitative estimate of drug-likeness (QED) is 0.942. The highest BCUT2D eigenvalue weighted by Gasteiger charge is 2.21. The number of ether oxygens (including phenoxy) is 2. The minimum Gasteiger partial charge on any atom is -0.497 e. The maximum Gasteiger partial charge on any atom is 0.253 e. The molecule has 0 bridgehead atoms. The normalized spacial score (nSPS) is 17.9. The average Bonchev–Trinajstić information content (AvgIpc) is 3.13. The Balaban J connectivity index is 1.90. The van der Waals surface area contributed by atoms with Crippen molar-refractivity contribution < 1.29 is 14.3 Å². The third-order valence-corrected chi connectivity index (χ3v) is 4.50. The summed E-state index contributed by atoms with van der Waals surface area (Å²) >= 11 is 0. The van der Waals surface area contributed by atoms with Gasteiger partial charge in [0.05, 0.1) is 19.3 Å². The second-order valence-electron chi connectivity index (χ2n) is 5.84. The molecule has 5 nitrogen and oxygen atoms in total. The van der Waals surface area contributed by atoms with E-state index >= 15 is 0 Å². The lowest BCUT2D eigenvalue weighted by molar-refractivity contribution is 0.0946. The molecule has 2 aromatic rings. The van der Waals surface area contributed by atoms with E-state index in [1.807, 2.05) is 36.7 Å². The van der Waals surface area contributed by atoms with Crippen LogP contribution in [0.1, 0.15) is 22.5 Å². The molecular formula is C17H22N2O3. The van der Waals surface area contributed by atoms with Crippen LogP contribution >= 0.6 is 0 Å². The lowest BCUT2D eigenvalue weighted by Gasteiger charge is -2.10. The maximum atomic E-state index is 12.6. The van der Waals surface area contributed by atoms with Crippen LogP contribution in [-0.4, -0.2) is 37.3 Å². The fourth-order valence-corrected chi connectivity index (χ4v) is 3.03. The third kappa shape index (κ3) is 2.57. The van der Waals surface area contributed by atoms with Gasteiger partial charge in [0.25, 0.3) is 5.91 Å². The molecule has 1 aliphatic rings. The van der Waals surface area contributed by atoms with Crippen molar-refractivity contribution in [1.82, 2.24) is 9.88 Å². The largest absolute Gasteiger partial charge is 0.497 e. The van der Waals surface area contributed by atoms with Crippen molar-refractivity contribution in [3.05, 3.63) is 29.5 Å². The lowest BCUT2D eigenvalue weighted by atomic mass is 10.1. The molecule has 0 unspecified atom stereocenters. The van der Waals surface area contributed by atoms with Gasteiger partial charge in [0, 0.05) is 42.7 Å². The van der Waals surface area contributed by atoms with Gasteiger partial charge < -0.3 is 19.4 Å². The van der Waals surface area contributed by atoms with Gasteiger partial charge in [0.2, 0.25) is 0 Å². The highest BCUT2D eigenvalue weighted by molar-refractivity contribution is 6.08. The molecule has 1 aliphatic heterocycles. The van der Waals surface area contributed by atoms with Crippen LogP contribution in [0, 0.1) is 12.8 Å². The molecule has 1 saturated heterocycles. The average molecular weight is 302 g/mol. The highest BCUT2D eigenvalue weighted by atomic mass is 16.5. The van der Waals surface area contributed by atoms with Gasteiger partial charge in [-0.25, -0.2) is 0 Å². The van der Waals surface area contributed by atoms with Crippen LogP contribution in [0.3, 0.4) is 0 Å². The van der Waals surface area contributed by atoms with Crippen LogP contribution in [-0.2, 0) is 11.8 Å². The topological polar surface area (TPSA) is 52.5 Å². The Bertz CT molecular complexity index is 699. The summed E-state index contributed by atoms with van der Waals surface area (Å²) in [6.45, 7) is 4.17. The zero-order valence-electron chi connectivity index (χ0n) is 13.3. The van der Waals surface area contributed by atoms with E-state index in [-0.39, 0.29) is 5.91 Å². The first-order valence-corrected chi connectivity index (χ1v) is 7.60. The van der Waals surface area contributed by atoms with E-state index in [0.29, 0.717) is 12.5 Å². The van der Waals surface area contributed by atoms with Gasteiger partial charge in [0.15, 0.2) is 0 Å². The molecule has 1 aromatic carbocycles. The van der Waals surface area contributed by atoms with Crippen molar-refractivity contribution >= 4 is 16.8 Å². The third-order valence-electron chi connectivity index (χ3n) is 4.50. The smallest absolute Gasteiger partial charge is 0.253 e. The zero-order valence-corrected chi connectivity index (χ0v) is 13.3. The first-order chi connectivity index (χ1) is 10.6. The zero-order chi connectivity index (χ0) is 15.7. The van der Waals surface area contributed by atoms with Gasteiger partial charge >= 0.3 is 0 Å². The second-order valence-corrected chi connectivity index (χ2v) is 5.84. The van der Waals surface area contributed by atoms with E-state index in [9.17, 15) is 4.79 Å². The van der Waals surface area contributed by atoms with E-state index in [4.69, 9.17) is 9.47 Å². The van der Waals surface area contributed by atoms with Crippen molar-refractivity contribution in [3.8, 4) is 5.75 Å². The van der Waals surface area contributed by atoms with Gasteiger partial charge in [-0.1, -0.05) is 0 Å². The minimum atomic E-state index is -0.0248. The number of carbonyl (C=O) groups excluding carboxylic acids is 1. The molecule has 0 spiro atoms. The van der Waals surface area contributed by atoms with Crippen LogP contribution in [0.4, 0.5) is 0 Å². The molecule has 0 radical (unpaired) electrons. The van der Waals surface area contributed by atoms with E-state index < -0.39 is 0 Å². The van der Waals surface area contributed by atoms with Crippen molar-refractivity contribution in [3.63, 3.8) is 0 Å². The molecule has 1 amide bonds. The standard InChI is InChI=1S/C17H22N2O3/c1-11-16(17(20)18-9-12-6-7-22-10-12)14-8-13(21-3)4-5-15(14)19(11)2/h4-5,8,12H,6-7,9-10H2,1-3H3,(H,18,20)/t12-/m0/s1. The summed E-state index contributed by atoms with van der Waals surface area (Å²) < 4.78 is 12.7. The van der Waals surface area contributed by atoms with Crippen molar-refractivity contribution in [2.75, 3.05) is 26.9 Å². The summed E-state index contributed by atoms with van der Waals surface area (Å²) in [6, 6.07) is 5.83. The maximum absolute atomic E-state index is 12.6. The molecule has 1 aromatic heterocycles. The number of nitrogens with one attached hydrogen (secondary N) is 1. The van der Waals surface area contributed by atoms with Crippen LogP contribution in [0.5, 0.6) is 5.75 Å². The Hall–Kier alpha value is -2.01. The number of nitrogens with zero attached hydrogens (tertiary/aromatic N) is 1. The fourth-order valence-electron chi connectivity index (χ4n) is 3.03. The van der Waals surface area contributed by atoms with E-state index in [2.05, 4.69) is 5.32 Å². The first-order valence-electron chi connectivity index (χ1n) is 7.60. The number of hydrogen-bond acceptors (Lipinski definition) is 3. The number of carbonyl (C=O) groups is 1. The minimum absolute atomic E-state index is 0.0248. The van der Waals surface area contributed by atoms with Crippen LogP contribution in [0.25, 0.3) is 10.9 Å². The van der Waals surface area contributed by atoms with Crippen molar-refractivity contribution in [2.45, 2.75) is 13.3 Å². The number of benzene rings is 1. The molecule has 0 saturated carbocycles. The summed E-state index contributed by atoms with van der Waals surface area (Å²) in [6.07, 6.45) is 1.02. The molecule has 1 N–H and O–H groups in total. The van der Waals surface area contributed by atoms with Crippen molar-refractivity contribution in [2.24, 2.45) is 13.0 Å². The van der Waals surface area contributed by atoms with Crippen molar-refractivity contribution in [1.29, 1.82) is 0 Å². The number of methoxy groups -OCH3 is 1. The predicted molar refractivity (Wildman–Crippen MR) is 85.5 cm³/mol. The molecule has 1 atom stereocenters. The highest BCUT2D eigenvalue weighted by Crippen LogP contribution is 2.28. The van der Waals surface area contributed by atoms with Crippen LogP contribution in [0.15, 0.2) is 18.2 Å². The lowest BCUT2D eigenvalue weighted by Crippen LogP contribution is -2.29. The molecular weight excluding hydrogens is 280 g/mol. The number of rotatable bonds is 4. The molecule has 2 heterocycles. The van der Waals surface area contributed by atoms with Gasteiger partial charge in [-0.2, -0.15) is 0 Å². The molecule has 118 valence electrons. The van der Waals surface area contributed by atoms with Gasteiger partial charge in [-0.15, -0.1) is 0 Å². The summed E-state index contributed by atoms with van der Waals surface area (Å²) in [7, 11) is 3.61. The van der Waals surface area contributed by atoms with E-state index in [0.717, 1.165) is 47.5 Å². The Kier molecular flexibility index (Phi) is 4.07. The summed E-state index contributed by atoms with van der Waals surface area (Å²) in [5.74, 6) is 1.16. The molecule has 0 aliphatic carbocycles. The van der Waals surface area contributed by atoms with Gasteiger partial charge in [-0.05, 0) is 31.5 Å². The van der Waals surface area contributed by atoms with E-state index in [1.54, 1.807) is 7.11 Å². The molecule has 5 heteroatoms. The predicted octanol–water partition coefficient (Wildman–Crippen LogP) is 2.26. The van der Waals surface area contributed by atoms with Crippen LogP contribution < -0.4 is 10.1 Å². The number of aromatic nitrogens is 1. The fraction of sp³-hybridized carbons (Fsp3) is 0.471. The first kappa shape index (κ1) is 14.9. The molecule has 3 rings (SSSR count). The number of amides is 1. The summed E-state index contributed by atoms with van der Waals surface area (Å²) in [4.78, 5) is 12.6. The number of hydrogen-bond donors (Lipinski definition) is 1. The molecule has 22 heavy (non-hydrogen) atoms. The number of fused-ring (bicyclic) bond motifs is 1. The van der Waals surface area contributed by atoms with Gasteiger partial charge in [0.1, 0.15) is 5.75 Å². The second kappa shape index (κ2) is 6.01. The summed E-state index contributed by atoms with van der Waals surface area (Å²) in [5.41, 5.74) is 2.73. The molecule has 1 fully saturated rings. The Morgan fingerprint density at radius 1 is 1.50 bits per heavy atom. The Morgan fingerprint density at radius 3 is 3.00 bits per heavy atom. The van der Waals surface area contributed by atoms with E-state index in [1.165, 1.54) is 0 Å². The Labute approximate surface area is 130 Å². The van der Waals surface area contributed by atoms with Gasteiger partial charge in [-0.3, -0.25) is 4.79 Å². The number of aryl methyl sites for hydroxylation is 1. The summed E-state index contributed by atoms with van der Waals surface area (Å²) in [5, 5.41) is 3.98. The Morgan fingerprint density at radius 2 is 2.32 bits per heavy atom.